The van der Waals surface area contributed by atoms with E-state index in [0.29, 0.717) is 0 Å². The van der Waals surface area contributed by atoms with Crippen LogP contribution in [0, 0.1) is 5.92 Å². The van der Waals surface area contributed by atoms with Gasteiger partial charge >= 0.3 is 5.97 Å². The number of aliphatic carboxylic acids is 1. The van der Waals surface area contributed by atoms with Crippen molar-refractivity contribution in [3.63, 3.8) is 0 Å². The third kappa shape index (κ3) is 2.36. The molecule has 1 aliphatic heterocycles. The van der Waals surface area contributed by atoms with Crippen LogP contribution in [0.1, 0.15) is 18.9 Å². The molecule has 2 atom stereocenters. The van der Waals surface area contributed by atoms with Gasteiger partial charge in [0.25, 0.3) is 0 Å². The molecule has 0 bridgehead atoms. The molecule has 5 heteroatoms. The molecule has 0 amide bonds. The Bertz CT molecular complexity index is 652. The van der Waals surface area contributed by atoms with Crippen molar-refractivity contribution in [3.8, 4) is 0 Å². The van der Waals surface area contributed by atoms with E-state index >= 15 is 0 Å². The number of rotatable bonds is 3. The molecule has 1 saturated heterocycles. The van der Waals surface area contributed by atoms with E-state index in [-0.39, 0.29) is 12.0 Å². The first-order chi connectivity index (χ1) is 9.56. The zero-order chi connectivity index (χ0) is 14.3. The van der Waals surface area contributed by atoms with E-state index < -0.39 is 5.97 Å². The molecular weight excluding hydrogens is 320 g/mol. The summed E-state index contributed by atoms with van der Waals surface area (Å²) in [5.41, 5.74) is 2.34. The first-order valence-corrected chi connectivity index (χ1v) is 7.58. The number of hydrogen-bond donors (Lipinski definition) is 2. The van der Waals surface area contributed by atoms with Gasteiger partial charge in [0.15, 0.2) is 0 Å². The predicted molar refractivity (Wildman–Crippen MR) is 81.6 cm³/mol. The highest BCUT2D eigenvalue weighted by atomic mass is 79.9. The van der Waals surface area contributed by atoms with Crippen molar-refractivity contribution in [2.75, 3.05) is 6.54 Å². The number of nitrogens with one attached hydrogen (secondary N) is 1. The Labute approximate surface area is 125 Å². The van der Waals surface area contributed by atoms with Crippen molar-refractivity contribution >= 4 is 32.8 Å². The predicted octanol–water partition coefficient (Wildman–Crippen LogP) is 3.23. The van der Waals surface area contributed by atoms with Crippen LogP contribution in [0.2, 0.25) is 0 Å². The number of halogens is 1. The van der Waals surface area contributed by atoms with E-state index in [1.54, 1.807) is 0 Å². The molecule has 1 aromatic heterocycles. The SMILES string of the molecule is CC1C(C(=O)O)CCN1Cc1c[nH]c2ccc(Br)cc12. The lowest BCUT2D eigenvalue weighted by molar-refractivity contribution is -0.142. The second kappa shape index (κ2) is 5.22. The van der Waals surface area contributed by atoms with E-state index in [0.717, 1.165) is 29.5 Å². The third-order valence-corrected chi connectivity index (χ3v) is 4.80. The topological polar surface area (TPSA) is 56.3 Å². The van der Waals surface area contributed by atoms with E-state index in [2.05, 4.69) is 37.9 Å². The van der Waals surface area contributed by atoms with Crippen LogP contribution in [0.4, 0.5) is 0 Å². The molecule has 1 fully saturated rings. The molecule has 4 nitrogen and oxygen atoms in total. The summed E-state index contributed by atoms with van der Waals surface area (Å²) in [6.45, 7) is 3.65. The number of hydrogen-bond acceptors (Lipinski definition) is 2. The molecule has 2 aromatic rings. The molecule has 0 aliphatic carbocycles. The van der Waals surface area contributed by atoms with Crippen molar-refractivity contribution < 1.29 is 9.90 Å². The van der Waals surface area contributed by atoms with Crippen LogP contribution in [0.15, 0.2) is 28.9 Å². The first kappa shape index (κ1) is 13.6. The van der Waals surface area contributed by atoms with Crippen molar-refractivity contribution in [2.45, 2.75) is 25.9 Å². The molecule has 2 unspecified atom stereocenters. The first-order valence-electron chi connectivity index (χ1n) is 6.78. The lowest BCUT2D eigenvalue weighted by Gasteiger charge is -2.22. The summed E-state index contributed by atoms with van der Waals surface area (Å²) >= 11 is 3.50. The van der Waals surface area contributed by atoms with Gasteiger partial charge in [0.05, 0.1) is 5.92 Å². The number of carbonyl (C=O) groups is 1. The summed E-state index contributed by atoms with van der Waals surface area (Å²) < 4.78 is 1.06. The molecular formula is C15H17BrN2O2. The summed E-state index contributed by atoms with van der Waals surface area (Å²) in [4.78, 5) is 16.7. The van der Waals surface area contributed by atoms with Gasteiger partial charge in [0.1, 0.15) is 0 Å². The number of aromatic amines is 1. The molecule has 3 rings (SSSR count). The van der Waals surface area contributed by atoms with Gasteiger partial charge in [-0.15, -0.1) is 0 Å². The van der Waals surface area contributed by atoms with Gasteiger partial charge in [0.2, 0.25) is 0 Å². The number of carboxylic acids is 1. The summed E-state index contributed by atoms with van der Waals surface area (Å²) in [5, 5.41) is 10.4. The highest BCUT2D eigenvalue weighted by molar-refractivity contribution is 9.10. The van der Waals surface area contributed by atoms with Gasteiger partial charge in [0, 0.05) is 34.2 Å². The van der Waals surface area contributed by atoms with Gasteiger partial charge < -0.3 is 10.1 Å². The minimum atomic E-state index is -0.679. The number of carboxylic acid groups (broad SMARTS) is 1. The number of aromatic nitrogens is 1. The Morgan fingerprint density at radius 3 is 3.05 bits per heavy atom. The second-order valence-corrected chi connectivity index (χ2v) is 6.36. The van der Waals surface area contributed by atoms with Crippen LogP contribution < -0.4 is 0 Å². The maximum atomic E-state index is 11.2. The fourth-order valence-corrected chi connectivity index (χ4v) is 3.42. The van der Waals surface area contributed by atoms with Crippen LogP contribution in [0.5, 0.6) is 0 Å². The molecule has 0 radical (unpaired) electrons. The average molecular weight is 337 g/mol. The number of H-pyrrole nitrogens is 1. The fourth-order valence-electron chi connectivity index (χ4n) is 3.06. The third-order valence-electron chi connectivity index (χ3n) is 4.31. The molecule has 0 saturated carbocycles. The lowest BCUT2D eigenvalue weighted by Crippen LogP contribution is -2.32. The molecule has 2 N–H and O–H groups in total. The van der Waals surface area contributed by atoms with Gasteiger partial charge in [-0.25, -0.2) is 0 Å². The molecule has 0 spiro atoms. The van der Waals surface area contributed by atoms with Gasteiger partial charge in [-0.05, 0) is 43.7 Å². The standard InChI is InChI=1S/C15H17BrN2O2/c1-9-12(15(19)20)4-5-18(9)8-10-7-17-14-3-2-11(16)6-13(10)14/h2-3,6-7,9,12,17H,4-5,8H2,1H3,(H,19,20). The quantitative estimate of drug-likeness (QED) is 0.904. The minimum absolute atomic E-state index is 0.0876. The van der Waals surface area contributed by atoms with Crippen molar-refractivity contribution in [1.82, 2.24) is 9.88 Å². The maximum absolute atomic E-state index is 11.2. The summed E-state index contributed by atoms with van der Waals surface area (Å²) in [6, 6.07) is 6.26. The van der Waals surface area contributed by atoms with Gasteiger partial charge in [-0.1, -0.05) is 15.9 Å². The van der Waals surface area contributed by atoms with Crippen LogP contribution in [-0.2, 0) is 11.3 Å². The Kier molecular flexibility index (Phi) is 3.56. The molecule has 1 aromatic carbocycles. The van der Waals surface area contributed by atoms with Gasteiger partial charge in [-0.2, -0.15) is 0 Å². The van der Waals surface area contributed by atoms with Crippen LogP contribution in [0.25, 0.3) is 10.9 Å². The van der Waals surface area contributed by atoms with E-state index in [1.165, 1.54) is 10.9 Å². The molecule has 106 valence electrons. The highest BCUT2D eigenvalue weighted by Gasteiger charge is 2.35. The largest absolute Gasteiger partial charge is 0.481 e. The molecule has 1 aliphatic rings. The summed E-state index contributed by atoms with van der Waals surface area (Å²) in [6.07, 6.45) is 2.76. The Morgan fingerprint density at radius 2 is 2.35 bits per heavy atom. The average Bonchev–Trinajstić information content (AvgIpc) is 2.95. The van der Waals surface area contributed by atoms with E-state index in [9.17, 15) is 9.90 Å². The Hall–Kier alpha value is -1.33. The Morgan fingerprint density at radius 1 is 1.55 bits per heavy atom. The number of likely N-dealkylation sites (tertiary alicyclic amines) is 1. The summed E-state index contributed by atoms with van der Waals surface area (Å²) in [5.74, 6) is -0.923. The van der Waals surface area contributed by atoms with Crippen molar-refractivity contribution in [3.05, 3.63) is 34.4 Å². The number of benzene rings is 1. The molecule has 20 heavy (non-hydrogen) atoms. The summed E-state index contributed by atoms with van der Waals surface area (Å²) in [7, 11) is 0. The van der Waals surface area contributed by atoms with Crippen molar-refractivity contribution in [1.29, 1.82) is 0 Å². The highest BCUT2D eigenvalue weighted by Crippen LogP contribution is 2.29. The monoisotopic (exact) mass is 336 g/mol. The van der Waals surface area contributed by atoms with Crippen molar-refractivity contribution in [2.24, 2.45) is 5.92 Å². The second-order valence-electron chi connectivity index (χ2n) is 5.45. The van der Waals surface area contributed by atoms with E-state index in [1.807, 2.05) is 19.2 Å². The van der Waals surface area contributed by atoms with Crippen LogP contribution >= 0.6 is 15.9 Å². The van der Waals surface area contributed by atoms with Crippen LogP contribution in [0.3, 0.4) is 0 Å². The lowest BCUT2D eigenvalue weighted by atomic mass is 10.0. The number of fused-ring (bicyclic) bond motifs is 1. The Balaban J connectivity index is 1.83. The number of nitrogens with zero attached hydrogens (tertiary/aromatic N) is 1. The van der Waals surface area contributed by atoms with E-state index in [4.69, 9.17) is 0 Å². The normalized spacial score (nSPS) is 23.5. The molecule has 2 heterocycles. The smallest absolute Gasteiger partial charge is 0.308 e. The zero-order valence-corrected chi connectivity index (χ0v) is 12.9. The minimum Gasteiger partial charge on any atom is -0.481 e. The zero-order valence-electron chi connectivity index (χ0n) is 11.3. The fraction of sp³-hybridized carbons (Fsp3) is 0.400. The van der Waals surface area contributed by atoms with Gasteiger partial charge in [-0.3, -0.25) is 9.69 Å². The van der Waals surface area contributed by atoms with Crippen LogP contribution in [-0.4, -0.2) is 33.5 Å². The maximum Gasteiger partial charge on any atom is 0.308 e.